The molecule has 1 N–H and O–H groups in total. The molecule has 1 aromatic rings. The van der Waals surface area contributed by atoms with E-state index in [4.69, 9.17) is 9.47 Å². The quantitative estimate of drug-likeness (QED) is 0.561. The predicted molar refractivity (Wildman–Crippen MR) is 84.3 cm³/mol. The molecule has 0 unspecified atom stereocenters. The van der Waals surface area contributed by atoms with Gasteiger partial charge in [-0.1, -0.05) is 56.5 Å². The van der Waals surface area contributed by atoms with Crippen LogP contribution in [0.25, 0.3) is 0 Å². The zero-order chi connectivity index (χ0) is 16.2. The third-order valence-corrected chi connectivity index (χ3v) is 3.17. The summed E-state index contributed by atoms with van der Waals surface area (Å²) in [4.78, 5) is 23.7. The summed E-state index contributed by atoms with van der Waals surface area (Å²) in [5, 5.41) is 2.60. The highest BCUT2D eigenvalue weighted by Crippen LogP contribution is 2.06. The maximum atomic E-state index is 11.9. The smallest absolute Gasteiger partial charge is 0.408 e. The van der Waals surface area contributed by atoms with E-state index in [9.17, 15) is 9.59 Å². The number of nitrogens with one attached hydrogen (secondary N) is 1. The summed E-state index contributed by atoms with van der Waals surface area (Å²) in [6.45, 7) is 4.30. The van der Waals surface area contributed by atoms with E-state index < -0.39 is 18.1 Å². The Hall–Kier alpha value is -2.04. The van der Waals surface area contributed by atoms with Crippen LogP contribution in [0.2, 0.25) is 0 Å². The highest BCUT2D eigenvalue weighted by atomic mass is 16.6. The van der Waals surface area contributed by atoms with E-state index in [0.29, 0.717) is 13.0 Å². The fourth-order valence-electron chi connectivity index (χ4n) is 2.00. The summed E-state index contributed by atoms with van der Waals surface area (Å²) in [7, 11) is 0. The topological polar surface area (TPSA) is 64.6 Å². The second-order valence-corrected chi connectivity index (χ2v) is 5.01. The lowest BCUT2D eigenvalue weighted by Gasteiger charge is -2.17. The van der Waals surface area contributed by atoms with Crippen molar-refractivity contribution in [3.8, 4) is 0 Å². The summed E-state index contributed by atoms with van der Waals surface area (Å²) in [6.07, 6.45) is 2.88. The van der Waals surface area contributed by atoms with Crippen LogP contribution in [0.15, 0.2) is 30.3 Å². The number of carbonyl (C=O) groups is 2. The van der Waals surface area contributed by atoms with Gasteiger partial charge in [0.15, 0.2) is 0 Å². The Morgan fingerprint density at radius 1 is 1.09 bits per heavy atom. The van der Waals surface area contributed by atoms with Gasteiger partial charge in [0, 0.05) is 0 Å². The van der Waals surface area contributed by atoms with Crippen molar-refractivity contribution in [3.05, 3.63) is 35.9 Å². The van der Waals surface area contributed by atoms with Gasteiger partial charge in [-0.15, -0.1) is 0 Å². The number of unbranched alkanes of at least 4 members (excludes halogenated alkanes) is 2. The number of carbonyl (C=O) groups excluding carboxylic acids is 2. The number of hydrogen-bond acceptors (Lipinski definition) is 4. The lowest BCUT2D eigenvalue weighted by atomic mass is 10.1. The first kappa shape index (κ1) is 18.0. The zero-order valence-corrected chi connectivity index (χ0v) is 13.3. The Morgan fingerprint density at radius 2 is 1.82 bits per heavy atom. The van der Waals surface area contributed by atoms with Gasteiger partial charge in [0.1, 0.15) is 12.6 Å². The van der Waals surface area contributed by atoms with E-state index in [1.165, 1.54) is 0 Å². The minimum atomic E-state index is -0.644. The molecule has 1 amide bonds. The van der Waals surface area contributed by atoms with Crippen molar-refractivity contribution >= 4 is 12.1 Å². The van der Waals surface area contributed by atoms with Crippen LogP contribution in [-0.2, 0) is 20.9 Å². The van der Waals surface area contributed by atoms with Gasteiger partial charge in [-0.25, -0.2) is 9.59 Å². The normalized spacial score (nSPS) is 11.5. The summed E-state index contributed by atoms with van der Waals surface area (Å²) in [5.41, 5.74) is 0.899. The van der Waals surface area contributed by atoms with E-state index in [0.717, 1.165) is 24.8 Å². The molecule has 0 spiro atoms. The van der Waals surface area contributed by atoms with E-state index in [1.54, 1.807) is 6.92 Å². The van der Waals surface area contributed by atoms with Crippen LogP contribution < -0.4 is 5.32 Å². The highest BCUT2D eigenvalue weighted by molar-refractivity contribution is 5.81. The molecule has 1 atom stereocenters. The van der Waals surface area contributed by atoms with Gasteiger partial charge in [0.2, 0.25) is 0 Å². The molecular formula is C17H25NO4. The first-order valence-corrected chi connectivity index (χ1v) is 7.81. The molecule has 0 saturated heterocycles. The number of benzene rings is 1. The Bertz CT molecular complexity index is 447. The number of hydrogen-bond donors (Lipinski definition) is 1. The third kappa shape index (κ3) is 7.11. The summed E-state index contributed by atoms with van der Waals surface area (Å²) >= 11 is 0. The van der Waals surface area contributed by atoms with Gasteiger partial charge in [0.05, 0.1) is 6.61 Å². The minimum absolute atomic E-state index is 0.178. The molecule has 0 radical (unpaired) electrons. The van der Waals surface area contributed by atoms with Gasteiger partial charge >= 0.3 is 12.1 Å². The predicted octanol–water partition coefficient (Wildman–Crippen LogP) is 3.42. The number of alkyl carbamates (subject to hydrolysis) is 1. The molecule has 0 bridgehead atoms. The molecule has 0 heterocycles. The molecular weight excluding hydrogens is 282 g/mol. The van der Waals surface area contributed by atoms with Crippen molar-refractivity contribution < 1.29 is 19.1 Å². The number of ether oxygens (including phenoxy) is 2. The highest BCUT2D eigenvalue weighted by Gasteiger charge is 2.22. The molecule has 0 aliphatic rings. The Morgan fingerprint density at radius 3 is 2.45 bits per heavy atom. The van der Waals surface area contributed by atoms with Gasteiger partial charge in [0.25, 0.3) is 0 Å². The fraction of sp³-hybridized carbons (Fsp3) is 0.529. The van der Waals surface area contributed by atoms with Crippen molar-refractivity contribution in [2.24, 2.45) is 0 Å². The molecule has 0 aliphatic carbocycles. The minimum Gasteiger partial charge on any atom is -0.464 e. The zero-order valence-electron chi connectivity index (χ0n) is 13.3. The molecule has 1 aromatic carbocycles. The average molecular weight is 307 g/mol. The van der Waals surface area contributed by atoms with Gasteiger partial charge in [-0.3, -0.25) is 0 Å². The molecule has 0 aliphatic heterocycles. The average Bonchev–Trinajstić information content (AvgIpc) is 2.53. The molecule has 0 saturated carbocycles. The van der Waals surface area contributed by atoms with Gasteiger partial charge in [-0.05, 0) is 18.9 Å². The summed E-state index contributed by atoms with van der Waals surface area (Å²) in [5.74, 6) is -0.407. The Kier molecular flexibility index (Phi) is 8.72. The van der Waals surface area contributed by atoms with Crippen molar-refractivity contribution in [2.45, 2.75) is 52.2 Å². The molecule has 5 nitrogen and oxygen atoms in total. The summed E-state index contributed by atoms with van der Waals surface area (Å²) < 4.78 is 10.1. The lowest BCUT2D eigenvalue weighted by molar-refractivity contribution is -0.145. The van der Waals surface area contributed by atoms with E-state index in [2.05, 4.69) is 12.2 Å². The van der Waals surface area contributed by atoms with E-state index >= 15 is 0 Å². The Labute approximate surface area is 132 Å². The van der Waals surface area contributed by atoms with Crippen molar-refractivity contribution in [2.75, 3.05) is 6.61 Å². The molecule has 22 heavy (non-hydrogen) atoms. The summed E-state index contributed by atoms with van der Waals surface area (Å²) in [6, 6.07) is 8.75. The van der Waals surface area contributed by atoms with Crippen molar-refractivity contribution in [1.82, 2.24) is 5.32 Å². The largest absolute Gasteiger partial charge is 0.464 e. The monoisotopic (exact) mass is 307 g/mol. The van der Waals surface area contributed by atoms with E-state index in [-0.39, 0.29) is 6.61 Å². The standard InChI is InChI=1S/C17H25NO4/c1-3-5-7-12-15(16(19)21-4-2)18-17(20)22-13-14-10-8-6-9-11-14/h6,8-11,15H,3-5,7,12-13H2,1-2H3,(H,18,20)/t15-/m1/s1. The first-order chi connectivity index (χ1) is 10.7. The van der Waals surface area contributed by atoms with Crippen LogP contribution in [0.5, 0.6) is 0 Å². The van der Waals surface area contributed by atoms with Crippen LogP contribution in [0.3, 0.4) is 0 Å². The maximum absolute atomic E-state index is 11.9. The number of rotatable bonds is 9. The van der Waals surface area contributed by atoms with Gasteiger partial charge < -0.3 is 14.8 Å². The number of esters is 1. The molecule has 5 heteroatoms. The van der Waals surface area contributed by atoms with Crippen LogP contribution in [0.4, 0.5) is 4.79 Å². The first-order valence-electron chi connectivity index (χ1n) is 7.81. The van der Waals surface area contributed by atoms with Crippen LogP contribution in [0, 0.1) is 0 Å². The number of amides is 1. The molecule has 122 valence electrons. The second kappa shape index (κ2) is 10.7. The van der Waals surface area contributed by atoms with Crippen LogP contribution in [-0.4, -0.2) is 24.7 Å². The van der Waals surface area contributed by atoms with Gasteiger partial charge in [-0.2, -0.15) is 0 Å². The van der Waals surface area contributed by atoms with Crippen LogP contribution >= 0.6 is 0 Å². The van der Waals surface area contributed by atoms with Crippen LogP contribution in [0.1, 0.15) is 45.1 Å². The van der Waals surface area contributed by atoms with E-state index in [1.807, 2.05) is 30.3 Å². The Balaban J connectivity index is 2.45. The molecule has 1 rings (SSSR count). The van der Waals surface area contributed by atoms with Crippen molar-refractivity contribution in [3.63, 3.8) is 0 Å². The van der Waals surface area contributed by atoms with Crippen molar-refractivity contribution in [1.29, 1.82) is 0 Å². The fourth-order valence-corrected chi connectivity index (χ4v) is 2.00. The lowest BCUT2D eigenvalue weighted by Crippen LogP contribution is -2.42. The molecule has 0 fully saturated rings. The third-order valence-electron chi connectivity index (χ3n) is 3.17. The SMILES string of the molecule is CCCCC[C@@H](NC(=O)OCc1ccccc1)C(=O)OCC. The maximum Gasteiger partial charge on any atom is 0.408 e. The second-order valence-electron chi connectivity index (χ2n) is 5.01. The molecule has 0 aromatic heterocycles.